The van der Waals surface area contributed by atoms with Gasteiger partial charge in [-0.25, -0.2) is 0 Å². The molecular weight excluding hydrogens is 112 g/mol. The molecule has 0 unspecified atom stereocenters. The zero-order chi connectivity index (χ0) is 6.53. The largest absolute Gasteiger partial charge is 0.295 e. The molecule has 47 valence electrons. The molecule has 0 aromatic rings. The average molecular weight is 121 g/mol. The third-order valence-electron chi connectivity index (χ3n) is 1.20. The van der Waals surface area contributed by atoms with Gasteiger partial charge < -0.3 is 0 Å². The minimum atomic E-state index is 0.218. The van der Waals surface area contributed by atoms with E-state index in [9.17, 15) is 5.11 Å². The van der Waals surface area contributed by atoms with Gasteiger partial charge in [0.15, 0.2) is 5.76 Å². The van der Waals surface area contributed by atoms with Crippen LogP contribution in [0.1, 0.15) is 12.8 Å². The SMILES string of the molecule is [O]/C1=C/C=C\C=C/CC1. The molecule has 0 N–H and O–H groups in total. The van der Waals surface area contributed by atoms with Crippen molar-refractivity contribution >= 4 is 0 Å². The van der Waals surface area contributed by atoms with Crippen molar-refractivity contribution in [2.75, 3.05) is 0 Å². The van der Waals surface area contributed by atoms with Crippen molar-refractivity contribution in [3.63, 3.8) is 0 Å². The third-order valence-corrected chi connectivity index (χ3v) is 1.20. The standard InChI is InChI=1S/C8H9O/c9-8-6-4-2-1-3-5-7-8/h1-4,6H,5,7H2/b3-1-,4-2-,8-6+. The number of hydrogen-bond acceptors (Lipinski definition) is 0. The summed E-state index contributed by atoms with van der Waals surface area (Å²) in [6.45, 7) is 0. The summed E-state index contributed by atoms with van der Waals surface area (Å²) < 4.78 is 0. The fraction of sp³-hybridized carbons (Fsp3) is 0.250. The van der Waals surface area contributed by atoms with Gasteiger partial charge in [-0.05, 0) is 12.5 Å². The molecule has 0 heterocycles. The average Bonchev–Trinajstić information content (AvgIpc) is 1.79. The first-order chi connectivity index (χ1) is 4.39. The van der Waals surface area contributed by atoms with Crippen LogP contribution in [0.2, 0.25) is 0 Å². The maximum Gasteiger partial charge on any atom is 0.155 e. The topological polar surface area (TPSA) is 19.9 Å². The Labute approximate surface area is 55.0 Å². The predicted molar refractivity (Wildman–Crippen MR) is 36.3 cm³/mol. The summed E-state index contributed by atoms with van der Waals surface area (Å²) >= 11 is 0. The van der Waals surface area contributed by atoms with Gasteiger partial charge in [0.2, 0.25) is 0 Å². The van der Waals surface area contributed by atoms with Crippen molar-refractivity contribution in [1.82, 2.24) is 0 Å². The Morgan fingerprint density at radius 1 is 1.22 bits per heavy atom. The van der Waals surface area contributed by atoms with E-state index < -0.39 is 0 Å². The molecule has 1 rings (SSSR count). The second-order valence-electron chi connectivity index (χ2n) is 1.98. The fourth-order valence-corrected chi connectivity index (χ4v) is 0.711. The van der Waals surface area contributed by atoms with E-state index in [1.807, 2.05) is 18.2 Å². The van der Waals surface area contributed by atoms with Gasteiger partial charge in [-0.2, -0.15) is 0 Å². The van der Waals surface area contributed by atoms with Gasteiger partial charge in [-0.1, -0.05) is 24.3 Å². The second-order valence-corrected chi connectivity index (χ2v) is 1.98. The van der Waals surface area contributed by atoms with Crippen molar-refractivity contribution in [2.24, 2.45) is 0 Å². The molecule has 1 radical (unpaired) electrons. The van der Waals surface area contributed by atoms with Crippen LogP contribution in [0.4, 0.5) is 0 Å². The Morgan fingerprint density at radius 3 is 3.00 bits per heavy atom. The molecule has 0 fully saturated rings. The van der Waals surface area contributed by atoms with Crippen LogP contribution in [-0.4, -0.2) is 0 Å². The first-order valence-electron chi connectivity index (χ1n) is 3.09. The van der Waals surface area contributed by atoms with Gasteiger partial charge in [0.05, 0.1) is 0 Å². The molecule has 0 aliphatic heterocycles. The molecule has 0 aromatic carbocycles. The lowest BCUT2D eigenvalue weighted by molar-refractivity contribution is 0.282. The fourth-order valence-electron chi connectivity index (χ4n) is 0.711. The molecule has 1 aliphatic rings. The molecule has 1 aliphatic carbocycles. The summed E-state index contributed by atoms with van der Waals surface area (Å²) in [4.78, 5) is 0. The van der Waals surface area contributed by atoms with E-state index in [1.165, 1.54) is 0 Å². The summed E-state index contributed by atoms with van der Waals surface area (Å²) in [7, 11) is 0. The normalized spacial score (nSPS) is 31.3. The van der Waals surface area contributed by atoms with E-state index in [4.69, 9.17) is 0 Å². The van der Waals surface area contributed by atoms with Gasteiger partial charge >= 0.3 is 0 Å². The van der Waals surface area contributed by atoms with Crippen LogP contribution in [0.3, 0.4) is 0 Å². The molecule has 0 atom stereocenters. The molecule has 1 nitrogen and oxygen atoms in total. The van der Waals surface area contributed by atoms with Gasteiger partial charge in [0.25, 0.3) is 0 Å². The Morgan fingerprint density at radius 2 is 2.11 bits per heavy atom. The van der Waals surface area contributed by atoms with Crippen LogP contribution in [0.25, 0.3) is 0 Å². The van der Waals surface area contributed by atoms with Crippen LogP contribution in [0.5, 0.6) is 0 Å². The van der Waals surface area contributed by atoms with Gasteiger partial charge in [-0.3, -0.25) is 5.11 Å². The lowest BCUT2D eigenvalue weighted by Gasteiger charge is -1.91. The number of allylic oxidation sites excluding steroid dienone is 6. The summed E-state index contributed by atoms with van der Waals surface area (Å²) in [5.41, 5.74) is 0. The van der Waals surface area contributed by atoms with E-state index in [0.717, 1.165) is 6.42 Å². The third kappa shape index (κ3) is 2.17. The molecule has 0 amide bonds. The van der Waals surface area contributed by atoms with Gasteiger partial charge in [-0.15, -0.1) is 0 Å². The van der Waals surface area contributed by atoms with Gasteiger partial charge in [0.1, 0.15) is 0 Å². The first-order valence-corrected chi connectivity index (χ1v) is 3.09. The highest BCUT2D eigenvalue weighted by Gasteiger charge is 1.92. The minimum Gasteiger partial charge on any atom is -0.295 e. The summed E-state index contributed by atoms with van der Waals surface area (Å²) in [5, 5.41) is 10.7. The van der Waals surface area contributed by atoms with Crippen LogP contribution in [0, 0.1) is 0 Å². The minimum absolute atomic E-state index is 0.218. The molecule has 0 bridgehead atoms. The molecule has 9 heavy (non-hydrogen) atoms. The zero-order valence-corrected chi connectivity index (χ0v) is 5.21. The Balaban J connectivity index is 2.62. The molecule has 1 heteroatoms. The van der Waals surface area contributed by atoms with Crippen molar-refractivity contribution in [3.05, 3.63) is 36.1 Å². The Bertz CT molecular complexity index is 163. The highest BCUT2D eigenvalue weighted by Crippen LogP contribution is 2.05. The van der Waals surface area contributed by atoms with Crippen molar-refractivity contribution in [2.45, 2.75) is 12.8 Å². The predicted octanol–water partition coefficient (Wildman–Crippen LogP) is 2.21. The monoisotopic (exact) mass is 121 g/mol. The van der Waals surface area contributed by atoms with E-state index in [2.05, 4.69) is 0 Å². The highest BCUT2D eigenvalue weighted by atomic mass is 16.3. The van der Waals surface area contributed by atoms with E-state index in [1.54, 1.807) is 12.2 Å². The number of hydrogen-bond donors (Lipinski definition) is 0. The van der Waals surface area contributed by atoms with E-state index in [-0.39, 0.29) is 5.76 Å². The maximum absolute atomic E-state index is 10.7. The quantitative estimate of drug-likeness (QED) is 0.468. The summed E-state index contributed by atoms with van der Waals surface area (Å²) in [6.07, 6.45) is 10.8. The number of rotatable bonds is 0. The zero-order valence-electron chi connectivity index (χ0n) is 5.21. The maximum atomic E-state index is 10.7. The lowest BCUT2D eigenvalue weighted by atomic mass is 10.2. The van der Waals surface area contributed by atoms with Crippen molar-refractivity contribution in [3.8, 4) is 0 Å². The summed E-state index contributed by atoms with van der Waals surface area (Å²) in [5.74, 6) is 0.218. The van der Waals surface area contributed by atoms with E-state index in [0.29, 0.717) is 6.42 Å². The smallest absolute Gasteiger partial charge is 0.155 e. The molecule has 0 saturated carbocycles. The molecule has 0 saturated heterocycles. The highest BCUT2D eigenvalue weighted by molar-refractivity contribution is 5.15. The van der Waals surface area contributed by atoms with Crippen LogP contribution >= 0.6 is 0 Å². The van der Waals surface area contributed by atoms with E-state index >= 15 is 0 Å². The summed E-state index contributed by atoms with van der Waals surface area (Å²) in [6, 6.07) is 0. The van der Waals surface area contributed by atoms with Crippen LogP contribution < -0.4 is 0 Å². The van der Waals surface area contributed by atoms with Gasteiger partial charge in [0, 0.05) is 6.42 Å². The Kier molecular flexibility index (Phi) is 2.13. The van der Waals surface area contributed by atoms with Crippen molar-refractivity contribution < 1.29 is 5.11 Å². The molecular formula is C8H9O. The first kappa shape index (κ1) is 6.14. The molecule has 0 aromatic heterocycles. The van der Waals surface area contributed by atoms with Crippen molar-refractivity contribution in [1.29, 1.82) is 0 Å². The van der Waals surface area contributed by atoms with Crippen LogP contribution in [-0.2, 0) is 5.11 Å². The lowest BCUT2D eigenvalue weighted by Crippen LogP contribution is -1.78. The van der Waals surface area contributed by atoms with Crippen LogP contribution in [0.15, 0.2) is 36.1 Å². The molecule has 0 spiro atoms. The second kappa shape index (κ2) is 3.13. The Hall–Kier alpha value is -0.980.